The molecule has 1 aliphatic heterocycles. The molecule has 1 aromatic heterocycles. The van der Waals surface area contributed by atoms with Gasteiger partial charge < -0.3 is 5.32 Å². The van der Waals surface area contributed by atoms with Crippen molar-refractivity contribution < 1.29 is 4.79 Å². The molecule has 29 heavy (non-hydrogen) atoms. The van der Waals surface area contributed by atoms with Crippen molar-refractivity contribution in [2.75, 3.05) is 5.32 Å². The summed E-state index contributed by atoms with van der Waals surface area (Å²) in [6.45, 7) is 0. The van der Waals surface area contributed by atoms with Gasteiger partial charge >= 0.3 is 5.69 Å². The van der Waals surface area contributed by atoms with Crippen molar-refractivity contribution in [1.29, 1.82) is 0 Å². The maximum absolute atomic E-state index is 13.3. The van der Waals surface area contributed by atoms with E-state index in [2.05, 4.69) is 5.32 Å². The minimum atomic E-state index is -0.607. The summed E-state index contributed by atoms with van der Waals surface area (Å²) in [7, 11) is 3.06. The van der Waals surface area contributed by atoms with Crippen LogP contribution in [0.1, 0.15) is 33.0 Å². The molecule has 0 saturated heterocycles. The molecule has 2 aromatic carbocycles. The summed E-state index contributed by atoms with van der Waals surface area (Å²) in [6, 6.07) is 14.4. The Morgan fingerprint density at radius 3 is 2.24 bits per heavy atom. The molecule has 1 aliphatic carbocycles. The van der Waals surface area contributed by atoms with Gasteiger partial charge in [0.2, 0.25) is 0 Å². The molecule has 0 bridgehead atoms. The van der Waals surface area contributed by atoms with Gasteiger partial charge in [-0.1, -0.05) is 48.0 Å². The number of benzene rings is 2. The molecule has 0 radical (unpaired) electrons. The molecule has 1 atom stereocenters. The van der Waals surface area contributed by atoms with E-state index in [0.29, 0.717) is 33.2 Å². The number of ketones is 1. The maximum Gasteiger partial charge on any atom is 0.332 e. The van der Waals surface area contributed by atoms with E-state index >= 15 is 0 Å². The lowest BCUT2D eigenvalue weighted by atomic mass is 9.81. The van der Waals surface area contributed by atoms with Crippen LogP contribution in [0.4, 0.5) is 5.82 Å². The van der Waals surface area contributed by atoms with Gasteiger partial charge in [-0.3, -0.25) is 18.7 Å². The van der Waals surface area contributed by atoms with Crippen molar-refractivity contribution in [1.82, 2.24) is 9.13 Å². The molecule has 2 heterocycles. The van der Waals surface area contributed by atoms with Crippen LogP contribution in [0.5, 0.6) is 0 Å². The van der Waals surface area contributed by atoms with E-state index in [-0.39, 0.29) is 5.78 Å². The minimum Gasteiger partial charge on any atom is -0.340 e. The monoisotopic (exact) mass is 405 g/mol. The molecule has 144 valence electrons. The standard InChI is InChI=1S/C22H16ClN3O3/c1-25-20-17(21(28)26(2)22(25)29)15(11-7-9-12(23)10-8-11)16-18(24-20)13-5-3-4-6-14(13)19(16)27/h3-10,15,24H,1-2H3/t15-/m1/s1. The summed E-state index contributed by atoms with van der Waals surface area (Å²) in [6.07, 6.45) is 0. The first-order valence-corrected chi connectivity index (χ1v) is 9.48. The van der Waals surface area contributed by atoms with E-state index in [1.807, 2.05) is 30.3 Å². The highest BCUT2D eigenvalue weighted by atomic mass is 35.5. The molecular weight excluding hydrogens is 390 g/mol. The van der Waals surface area contributed by atoms with Gasteiger partial charge in [0, 0.05) is 41.7 Å². The van der Waals surface area contributed by atoms with Gasteiger partial charge in [0.25, 0.3) is 5.56 Å². The number of halogens is 1. The lowest BCUT2D eigenvalue weighted by Crippen LogP contribution is -2.42. The van der Waals surface area contributed by atoms with Gasteiger partial charge in [-0.25, -0.2) is 4.79 Å². The lowest BCUT2D eigenvalue weighted by Gasteiger charge is -2.29. The maximum atomic E-state index is 13.3. The number of rotatable bonds is 1. The number of carbonyl (C=O) groups is 1. The fourth-order valence-corrected chi connectivity index (χ4v) is 4.37. The number of hydrogen-bond donors (Lipinski definition) is 1. The molecule has 0 unspecified atom stereocenters. The third-order valence-corrected chi connectivity index (χ3v) is 5.93. The Labute approximate surface area is 170 Å². The van der Waals surface area contributed by atoms with Crippen LogP contribution in [0, 0.1) is 0 Å². The molecule has 2 aliphatic rings. The summed E-state index contributed by atoms with van der Waals surface area (Å²) in [5, 5.41) is 3.78. The zero-order valence-corrected chi connectivity index (χ0v) is 16.4. The van der Waals surface area contributed by atoms with Gasteiger partial charge in [-0.2, -0.15) is 0 Å². The second kappa shape index (κ2) is 6.06. The average molecular weight is 406 g/mol. The molecule has 7 heteroatoms. The highest BCUT2D eigenvalue weighted by molar-refractivity contribution is 6.30. The van der Waals surface area contributed by atoms with Crippen LogP contribution in [-0.4, -0.2) is 14.9 Å². The number of hydrogen-bond acceptors (Lipinski definition) is 4. The Bertz CT molecular complexity index is 1360. The van der Waals surface area contributed by atoms with Crippen molar-refractivity contribution in [2.24, 2.45) is 14.1 Å². The van der Waals surface area contributed by atoms with Crippen LogP contribution in [0.3, 0.4) is 0 Å². The van der Waals surface area contributed by atoms with Gasteiger partial charge in [0.1, 0.15) is 5.82 Å². The van der Waals surface area contributed by atoms with Gasteiger partial charge in [0.05, 0.1) is 11.3 Å². The van der Waals surface area contributed by atoms with Crippen molar-refractivity contribution in [3.63, 3.8) is 0 Å². The first-order chi connectivity index (χ1) is 13.9. The second-order valence-corrected chi connectivity index (χ2v) is 7.68. The van der Waals surface area contributed by atoms with E-state index in [1.165, 1.54) is 11.6 Å². The number of nitrogens with zero attached hydrogens (tertiary/aromatic N) is 2. The zero-order chi connectivity index (χ0) is 20.4. The number of anilines is 1. The van der Waals surface area contributed by atoms with Crippen LogP contribution >= 0.6 is 11.6 Å². The van der Waals surface area contributed by atoms with Crippen molar-refractivity contribution in [3.05, 3.63) is 102 Å². The van der Waals surface area contributed by atoms with Gasteiger partial charge in [-0.15, -0.1) is 0 Å². The SMILES string of the molecule is Cn1c2c(c(=O)n(C)c1=O)[C@H](c1ccc(Cl)cc1)C1=C(N2)c2ccccc2C1=O. The Hall–Kier alpha value is -3.38. The third-order valence-electron chi connectivity index (χ3n) is 5.68. The van der Waals surface area contributed by atoms with Crippen LogP contribution in [-0.2, 0) is 14.1 Å². The van der Waals surface area contributed by atoms with Crippen molar-refractivity contribution in [2.45, 2.75) is 5.92 Å². The van der Waals surface area contributed by atoms with E-state index in [9.17, 15) is 14.4 Å². The lowest BCUT2D eigenvalue weighted by molar-refractivity contribution is 0.103. The van der Waals surface area contributed by atoms with Crippen LogP contribution < -0.4 is 16.6 Å². The summed E-state index contributed by atoms with van der Waals surface area (Å²) >= 11 is 6.06. The Kier molecular flexibility index (Phi) is 3.70. The summed E-state index contributed by atoms with van der Waals surface area (Å²) in [4.78, 5) is 39.0. The molecule has 1 N–H and O–H groups in total. The summed E-state index contributed by atoms with van der Waals surface area (Å²) < 4.78 is 2.48. The van der Waals surface area contributed by atoms with Gasteiger partial charge in [-0.05, 0) is 17.7 Å². The first kappa shape index (κ1) is 17.7. The Balaban J connectivity index is 1.89. The number of allylic oxidation sites excluding steroid dienone is 1. The first-order valence-electron chi connectivity index (χ1n) is 9.10. The highest BCUT2D eigenvalue weighted by Crippen LogP contribution is 2.47. The van der Waals surface area contributed by atoms with Crippen molar-refractivity contribution >= 4 is 28.9 Å². The quantitative estimate of drug-likeness (QED) is 0.675. The van der Waals surface area contributed by atoms with Gasteiger partial charge in [0.15, 0.2) is 5.78 Å². The second-order valence-electron chi connectivity index (χ2n) is 7.24. The molecule has 6 nitrogen and oxygen atoms in total. The normalized spacial score (nSPS) is 16.9. The van der Waals surface area contributed by atoms with E-state index in [4.69, 9.17) is 11.6 Å². The van der Waals surface area contributed by atoms with Crippen LogP contribution in [0.2, 0.25) is 5.02 Å². The fraction of sp³-hybridized carbons (Fsp3) is 0.136. The molecule has 3 aromatic rings. The number of aromatic nitrogens is 2. The number of Topliss-reactive ketones (excluding diaryl/α,β-unsaturated/α-hetero) is 1. The minimum absolute atomic E-state index is 0.121. The number of carbonyl (C=O) groups excluding carboxylic acids is 1. The molecule has 0 amide bonds. The topological polar surface area (TPSA) is 73.1 Å². The molecule has 0 spiro atoms. The zero-order valence-electron chi connectivity index (χ0n) is 15.7. The summed E-state index contributed by atoms with van der Waals surface area (Å²) in [5.74, 6) is -0.324. The van der Waals surface area contributed by atoms with E-state index < -0.39 is 17.2 Å². The average Bonchev–Trinajstić information content (AvgIpc) is 3.02. The molecule has 0 fully saturated rings. The number of nitrogens with one attached hydrogen (secondary N) is 1. The number of fused-ring (bicyclic) bond motifs is 3. The predicted molar refractivity (Wildman–Crippen MR) is 112 cm³/mol. The third kappa shape index (κ3) is 2.32. The van der Waals surface area contributed by atoms with Crippen LogP contribution in [0.15, 0.2) is 63.7 Å². The van der Waals surface area contributed by atoms with Crippen LogP contribution in [0.25, 0.3) is 5.70 Å². The molecular formula is C22H16ClN3O3. The smallest absolute Gasteiger partial charge is 0.332 e. The molecule has 0 saturated carbocycles. The van der Waals surface area contributed by atoms with Crippen molar-refractivity contribution in [3.8, 4) is 0 Å². The largest absolute Gasteiger partial charge is 0.340 e. The Morgan fingerprint density at radius 1 is 0.897 bits per heavy atom. The highest BCUT2D eigenvalue weighted by Gasteiger charge is 2.42. The molecule has 5 rings (SSSR count). The predicted octanol–water partition coefficient (Wildman–Crippen LogP) is 2.90. The summed E-state index contributed by atoms with van der Waals surface area (Å²) in [5.41, 5.74) is 2.78. The van der Waals surface area contributed by atoms with E-state index in [1.54, 1.807) is 25.2 Å². The fourth-order valence-electron chi connectivity index (χ4n) is 4.25. The Morgan fingerprint density at radius 2 is 1.55 bits per heavy atom. The van der Waals surface area contributed by atoms with E-state index in [0.717, 1.165) is 15.7 Å².